The third kappa shape index (κ3) is 3.34. The van der Waals surface area contributed by atoms with E-state index >= 15 is 0 Å². The van der Waals surface area contributed by atoms with Crippen LogP contribution in [0.5, 0.6) is 5.88 Å². The predicted octanol–water partition coefficient (Wildman–Crippen LogP) is 1.40. The number of anilines is 1. The van der Waals surface area contributed by atoms with Gasteiger partial charge in [-0.1, -0.05) is 0 Å². The Morgan fingerprint density at radius 1 is 1.38 bits per heavy atom. The normalized spacial score (nSPS) is 20.6. The molecule has 0 saturated carbocycles. The van der Waals surface area contributed by atoms with E-state index in [4.69, 9.17) is 15.2 Å². The molecule has 5 nitrogen and oxygen atoms in total. The van der Waals surface area contributed by atoms with Crippen molar-refractivity contribution >= 4 is 5.82 Å². The molecule has 2 rings (SSSR count). The summed E-state index contributed by atoms with van der Waals surface area (Å²) >= 11 is 0. The number of ether oxygens (including phenoxy) is 2. The topological polar surface area (TPSA) is 70.3 Å². The summed E-state index contributed by atoms with van der Waals surface area (Å²) in [6.07, 6.45) is 7.86. The second-order valence-electron chi connectivity index (χ2n) is 3.91. The highest BCUT2D eigenvalue weighted by molar-refractivity contribution is 5.24. The van der Waals surface area contributed by atoms with Gasteiger partial charge in [-0.05, 0) is 19.3 Å². The van der Waals surface area contributed by atoms with Gasteiger partial charge in [0.2, 0.25) is 5.88 Å². The van der Waals surface area contributed by atoms with Gasteiger partial charge in [0.15, 0.2) is 0 Å². The van der Waals surface area contributed by atoms with Crippen molar-refractivity contribution in [1.82, 2.24) is 9.97 Å². The third-order valence-electron chi connectivity index (χ3n) is 2.61. The van der Waals surface area contributed by atoms with Crippen molar-refractivity contribution in [2.45, 2.75) is 31.8 Å². The number of rotatable bonds is 4. The Morgan fingerprint density at radius 2 is 2.31 bits per heavy atom. The minimum absolute atomic E-state index is 0.343. The number of hydrogen-bond acceptors (Lipinski definition) is 5. The van der Waals surface area contributed by atoms with Crippen LogP contribution in [0.3, 0.4) is 0 Å². The first-order valence-corrected chi connectivity index (χ1v) is 5.66. The summed E-state index contributed by atoms with van der Waals surface area (Å²) < 4.78 is 11.1. The van der Waals surface area contributed by atoms with E-state index in [0.717, 1.165) is 19.4 Å². The maximum absolute atomic E-state index is 5.60. The quantitative estimate of drug-likeness (QED) is 0.835. The largest absolute Gasteiger partial charge is 0.476 e. The molecule has 5 heteroatoms. The van der Waals surface area contributed by atoms with Crippen molar-refractivity contribution in [1.29, 1.82) is 0 Å². The third-order valence-corrected chi connectivity index (χ3v) is 2.61. The molecule has 0 radical (unpaired) electrons. The Labute approximate surface area is 95.0 Å². The van der Waals surface area contributed by atoms with Gasteiger partial charge in [0.25, 0.3) is 0 Å². The molecule has 88 valence electrons. The van der Waals surface area contributed by atoms with Gasteiger partial charge in [0.05, 0.1) is 25.1 Å². The van der Waals surface area contributed by atoms with Crippen molar-refractivity contribution in [3.63, 3.8) is 0 Å². The number of nitrogens with zero attached hydrogens (tertiary/aromatic N) is 2. The van der Waals surface area contributed by atoms with E-state index in [2.05, 4.69) is 9.97 Å². The van der Waals surface area contributed by atoms with Crippen LogP contribution < -0.4 is 10.5 Å². The lowest BCUT2D eigenvalue weighted by molar-refractivity contribution is 0.00375. The van der Waals surface area contributed by atoms with Gasteiger partial charge in [0, 0.05) is 13.0 Å². The molecule has 1 atom stereocenters. The van der Waals surface area contributed by atoms with Crippen LogP contribution in [0, 0.1) is 0 Å². The van der Waals surface area contributed by atoms with Crippen LogP contribution in [0.4, 0.5) is 5.82 Å². The van der Waals surface area contributed by atoms with Crippen molar-refractivity contribution in [2.75, 3.05) is 18.9 Å². The van der Waals surface area contributed by atoms with Gasteiger partial charge in [-0.2, -0.15) is 0 Å². The lowest BCUT2D eigenvalue weighted by atomic mass is 10.1. The standard InChI is InChI=1S/C11H17N3O2/c12-10-7-14-11(8-13-10)16-6-4-9-3-1-2-5-15-9/h7-9H,1-6H2,(H2,12,13). The molecule has 0 aliphatic carbocycles. The molecule has 16 heavy (non-hydrogen) atoms. The zero-order valence-corrected chi connectivity index (χ0v) is 9.26. The van der Waals surface area contributed by atoms with Crippen LogP contribution in [-0.2, 0) is 4.74 Å². The Kier molecular flexibility index (Phi) is 3.93. The predicted molar refractivity (Wildman–Crippen MR) is 60.1 cm³/mol. The smallest absolute Gasteiger partial charge is 0.232 e. The van der Waals surface area contributed by atoms with E-state index in [9.17, 15) is 0 Å². The zero-order chi connectivity index (χ0) is 11.2. The fourth-order valence-electron chi connectivity index (χ4n) is 1.73. The van der Waals surface area contributed by atoms with Crippen molar-refractivity contribution in [3.8, 4) is 5.88 Å². The van der Waals surface area contributed by atoms with Crippen molar-refractivity contribution < 1.29 is 9.47 Å². The first-order chi connectivity index (χ1) is 7.84. The van der Waals surface area contributed by atoms with Gasteiger partial charge in [-0.15, -0.1) is 0 Å². The molecular formula is C11H17N3O2. The maximum Gasteiger partial charge on any atom is 0.232 e. The van der Waals surface area contributed by atoms with E-state index in [1.54, 1.807) is 0 Å². The highest BCUT2D eigenvalue weighted by Crippen LogP contribution is 2.16. The lowest BCUT2D eigenvalue weighted by Crippen LogP contribution is -2.21. The molecule has 2 heterocycles. The molecule has 0 spiro atoms. The number of hydrogen-bond donors (Lipinski definition) is 1. The van der Waals surface area contributed by atoms with E-state index in [1.165, 1.54) is 25.2 Å². The average molecular weight is 223 g/mol. The van der Waals surface area contributed by atoms with E-state index in [1.807, 2.05) is 0 Å². The van der Waals surface area contributed by atoms with Crippen LogP contribution in [0.1, 0.15) is 25.7 Å². The molecule has 1 saturated heterocycles. The lowest BCUT2D eigenvalue weighted by Gasteiger charge is -2.22. The first kappa shape index (κ1) is 11.1. The Balaban J connectivity index is 1.69. The first-order valence-electron chi connectivity index (χ1n) is 5.66. The summed E-state index contributed by atoms with van der Waals surface area (Å²) in [4.78, 5) is 7.91. The summed E-state index contributed by atoms with van der Waals surface area (Å²) in [5.74, 6) is 0.924. The summed E-state index contributed by atoms with van der Waals surface area (Å²) in [7, 11) is 0. The molecule has 1 unspecified atom stereocenters. The van der Waals surface area contributed by atoms with Gasteiger partial charge in [-0.3, -0.25) is 0 Å². The number of nitrogen functional groups attached to an aromatic ring is 1. The fourth-order valence-corrected chi connectivity index (χ4v) is 1.73. The van der Waals surface area contributed by atoms with Crippen LogP contribution >= 0.6 is 0 Å². The fraction of sp³-hybridized carbons (Fsp3) is 0.636. The Hall–Kier alpha value is -1.36. The molecule has 1 fully saturated rings. The highest BCUT2D eigenvalue weighted by atomic mass is 16.5. The summed E-state index contributed by atoms with van der Waals surface area (Å²) in [6, 6.07) is 0. The molecular weight excluding hydrogens is 206 g/mol. The van der Waals surface area contributed by atoms with Gasteiger partial charge in [-0.25, -0.2) is 9.97 Å². The summed E-state index contributed by atoms with van der Waals surface area (Å²) in [5.41, 5.74) is 5.42. The van der Waals surface area contributed by atoms with Gasteiger partial charge < -0.3 is 15.2 Å². The molecule has 2 N–H and O–H groups in total. The van der Waals surface area contributed by atoms with Crippen molar-refractivity contribution in [2.24, 2.45) is 0 Å². The second-order valence-corrected chi connectivity index (χ2v) is 3.91. The van der Waals surface area contributed by atoms with Crippen molar-refractivity contribution in [3.05, 3.63) is 12.4 Å². The van der Waals surface area contributed by atoms with E-state index in [-0.39, 0.29) is 0 Å². The highest BCUT2D eigenvalue weighted by Gasteiger charge is 2.13. The van der Waals surface area contributed by atoms with E-state index in [0.29, 0.717) is 24.4 Å². The monoisotopic (exact) mass is 223 g/mol. The van der Waals surface area contributed by atoms with Crippen LogP contribution in [0.25, 0.3) is 0 Å². The second kappa shape index (κ2) is 5.65. The SMILES string of the molecule is Nc1cnc(OCCC2CCCCO2)cn1. The number of aromatic nitrogens is 2. The number of nitrogens with two attached hydrogens (primary N) is 1. The Morgan fingerprint density at radius 3 is 3.00 bits per heavy atom. The van der Waals surface area contributed by atoms with E-state index < -0.39 is 0 Å². The molecule has 1 aliphatic heterocycles. The Bertz CT molecular complexity index is 310. The minimum atomic E-state index is 0.343. The minimum Gasteiger partial charge on any atom is -0.476 e. The zero-order valence-electron chi connectivity index (χ0n) is 9.26. The molecule has 1 aromatic rings. The molecule has 0 amide bonds. The average Bonchev–Trinajstić information content (AvgIpc) is 2.33. The van der Waals surface area contributed by atoms with Crippen LogP contribution in [0.2, 0.25) is 0 Å². The van der Waals surface area contributed by atoms with Crippen LogP contribution in [0.15, 0.2) is 12.4 Å². The summed E-state index contributed by atoms with van der Waals surface area (Å²) in [5, 5.41) is 0. The molecule has 1 aliphatic rings. The van der Waals surface area contributed by atoms with Gasteiger partial charge in [0.1, 0.15) is 5.82 Å². The molecule has 0 bridgehead atoms. The maximum atomic E-state index is 5.60. The molecule has 1 aromatic heterocycles. The summed E-state index contributed by atoms with van der Waals surface area (Å²) in [6.45, 7) is 1.50. The molecule has 0 aromatic carbocycles. The van der Waals surface area contributed by atoms with Crippen LogP contribution in [-0.4, -0.2) is 29.3 Å². The van der Waals surface area contributed by atoms with Gasteiger partial charge >= 0.3 is 0 Å².